The third kappa shape index (κ3) is 3.57. The molecular formula is C18H11ClF3NO3. The SMILES string of the molecule is Cc1ccc2c(=O)cc(C(=O)Nc3ccc(Cl)c(C(F)(F)F)c3)oc2c1. The second-order valence-electron chi connectivity index (χ2n) is 5.62. The Hall–Kier alpha value is -2.80. The molecule has 26 heavy (non-hydrogen) atoms. The monoisotopic (exact) mass is 381 g/mol. The molecule has 0 bridgehead atoms. The summed E-state index contributed by atoms with van der Waals surface area (Å²) in [6.07, 6.45) is -4.66. The predicted molar refractivity (Wildman–Crippen MR) is 91.6 cm³/mol. The third-order valence-electron chi connectivity index (χ3n) is 3.64. The number of amides is 1. The Kier molecular flexibility index (Phi) is 4.50. The van der Waals surface area contributed by atoms with Gasteiger partial charge in [0.25, 0.3) is 5.91 Å². The van der Waals surface area contributed by atoms with Gasteiger partial charge >= 0.3 is 6.18 Å². The lowest BCUT2D eigenvalue weighted by atomic mass is 10.1. The number of benzene rings is 2. The highest BCUT2D eigenvalue weighted by atomic mass is 35.5. The van der Waals surface area contributed by atoms with Crippen molar-refractivity contribution in [2.24, 2.45) is 0 Å². The zero-order valence-corrected chi connectivity index (χ0v) is 14.0. The van der Waals surface area contributed by atoms with Crippen LogP contribution in [0.3, 0.4) is 0 Å². The first-order valence-corrected chi connectivity index (χ1v) is 7.75. The zero-order valence-electron chi connectivity index (χ0n) is 13.3. The summed E-state index contributed by atoms with van der Waals surface area (Å²) in [5, 5.41) is 2.09. The van der Waals surface area contributed by atoms with Gasteiger partial charge < -0.3 is 9.73 Å². The number of alkyl halides is 3. The van der Waals surface area contributed by atoms with Gasteiger partial charge in [-0.05, 0) is 42.8 Å². The predicted octanol–water partition coefficient (Wildman–Crippen LogP) is 5.03. The molecule has 3 aromatic rings. The third-order valence-corrected chi connectivity index (χ3v) is 3.97. The Balaban J connectivity index is 1.96. The lowest BCUT2D eigenvalue weighted by Crippen LogP contribution is -2.16. The van der Waals surface area contributed by atoms with Crippen molar-refractivity contribution < 1.29 is 22.4 Å². The molecule has 0 radical (unpaired) electrons. The minimum absolute atomic E-state index is 0.126. The molecule has 0 aliphatic heterocycles. The minimum atomic E-state index is -4.66. The number of hydrogen-bond donors (Lipinski definition) is 1. The highest BCUT2D eigenvalue weighted by Gasteiger charge is 2.33. The van der Waals surface area contributed by atoms with Crippen LogP contribution in [0, 0.1) is 6.92 Å². The molecule has 0 aliphatic rings. The number of carbonyl (C=O) groups excluding carboxylic acids is 1. The Morgan fingerprint density at radius 1 is 1.12 bits per heavy atom. The topological polar surface area (TPSA) is 59.3 Å². The van der Waals surface area contributed by atoms with Gasteiger partial charge in [0.15, 0.2) is 11.2 Å². The van der Waals surface area contributed by atoms with Crippen molar-refractivity contribution in [3.63, 3.8) is 0 Å². The van der Waals surface area contributed by atoms with E-state index in [0.717, 1.165) is 17.7 Å². The van der Waals surface area contributed by atoms with E-state index in [1.54, 1.807) is 25.1 Å². The molecule has 0 unspecified atom stereocenters. The van der Waals surface area contributed by atoms with Crippen LogP contribution in [0.25, 0.3) is 11.0 Å². The van der Waals surface area contributed by atoms with E-state index in [-0.39, 0.29) is 17.0 Å². The van der Waals surface area contributed by atoms with Gasteiger partial charge in [-0.2, -0.15) is 13.2 Å². The van der Waals surface area contributed by atoms with E-state index in [4.69, 9.17) is 16.0 Å². The van der Waals surface area contributed by atoms with Gasteiger partial charge in [-0.3, -0.25) is 9.59 Å². The van der Waals surface area contributed by atoms with Crippen LogP contribution >= 0.6 is 11.6 Å². The minimum Gasteiger partial charge on any atom is -0.451 e. The maximum absolute atomic E-state index is 12.9. The number of fused-ring (bicyclic) bond motifs is 1. The van der Waals surface area contributed by atoms with Crippen molar-refractivity contribution in [2.75, 3.05) is 5.32 Å². The van der Waals surface area contributed by atoms with Crippen molar-refractivity contribution in [3.05, 3.63) is 74.6 Å². The summed E-state index contributed by atoms with van der Waals surface area (Å²) in [7, 11) is 0. The van der Waals surface area contributed by atoms with Crippen molar-refractivity contribution >= 4 is 34.2 Å². The molecule has 2 aromatic carbocycles. The van der Waals surface area contributed by atoms with Gasteiger partial charge in [-0.15, -0.1) is 0 Å². The lowest BCUT2D eigenvalue weighted by molar-refractivity contribution is -0.137. The molecule has 8 heteroatoms. The molecule has 0 saturated carbocycles. The van der Waals surface area contributed by atoms with Crippen molar-refractivity contribution in [2.45, 2.75) is 13.1 Å². The molecule has 0 fully saturated rings. The Labute approximate surface area is 150 Å². The second kappa shape index (κ2) is 6.49. The highest BCUT2D eigenvalue weighted by Crippen LogP contribution is 2.36. The molecule has 0 spiro atoms. The summed E-state index contributed by atoms with van der Waals surface area (Å²) in [4.78, 5) is 24.4. The van der Waals surface area contributed by atoms with E-state index in [1.807, 2.05) is 0 Å². The largest absolute Gasteiger partial charge is 0.451 e. The quantitative estimate of drug-likeness (QED) is 0.677. The van der Waals surface area contributed by atoms with Gasteiger partial charge in [0.1, 0.15) is 5.58 Å². The summed E-state index contributed by atoms with van der Waals surface area (Å²) in [6.45, 7) is 1.79. The molecule has 1 N–H and O–H groups in total. The van der Waals surface area contributed by atoms with Crippen molar-refractivity contribution in [3.8, 4) is 0 Å². The Morgan fingerprint density at radius 2 is 1.85 bits per heavy atom. The molecule has 0 saturated heterocycles. The summed E-state index contributed by atoms with van der Waals surface area (Å²) in [5.74, 6) is -1.16. The van der Waals surface area contributed by atoms with Gasteiger partial charge in [-0.25, -0.2) is 0 Å². The molecule has 134 valence electrons. The molecule has 3 rings (SSSR count). The second-order valence-corrected chi connectivity index (χ2v) is 6.03. The number of carbonyl (C=O) groups is 1. The van der Waals surface area contributed by atoms with Crippen LogP contribution in [0.15, 0.2) is 51.7 Å². The van der Waals surface area contributed by atoms with Gasteiger partial charge in [-0.1, -0.05) is 17.7 Å². The van der Waals surface area contributed by atoms with E-state index in [2.05, 4.69) is 5.32 Å². The van der Waals surface area contributed by atoms with Crippen LogP contribution in [0.5, 0.6) is 0 Å². The number of anilines is 1. The Morgan fingerprint density at radius 3 is 2.54 bits per heavy atom. The fourth-order valence-corrected chi connectivity index (χ4v) is 2.61. The molecule has 1 amide bonds. The molecule has 0 atom stereocenters. The lowest BCUT2D eigenvalue weighted by Gasteiger charge is -2.11. The maximum Gasteiger partial charge on any atom is 0.417 e. The van der Waals surface area contributed by atoms with Gasteiger partial charge in [0.2, 0.25) is 0 Å². The van der Waals surface area contributed by atoms with Crippen LogP contribution < -0.4 is 10.7 Å². The van der Waals surface area contributed by atoms with Gasteiger partial charge in [0.05, 0.1) is 16.0 Å². The summed E-state index contributed by atoms with van der Waals surface area (Å²) < 4.78 is 44.1. The molecular weight excluding hydrogens is 371 g/mol. The summed E-state index contributed by atoms with van der Waals surface area (Å²) in [6, 6.07) is 8.85. The summed E-state index contributed by atoms with van der Waals surface area (Å²) >= 11 is 5.54. The average molecular weight is 382 g/mol. The standard InChI is InChI=1S/C18H11ClF3NO3/c1-9-2-4-11-14(24)8-16(26-15(11)6-9)17(25)23-10-3-5-13(19)12(7-10)18(20,21)22/h2-8H,1H3,(H,23,25). The smallest absolute Gasteiger partial charge is 0.417 e. The van der Waals surface area contributed by atoms with Crippen LogP contribution in [-0.4, -0.2) is 5.91 Å². The van der Waals surface area contributed by atoms with Gasteiger partial charge in [0, 0.05) is 11.8 Å². The summed E-state index contributed by atoms with van der Waals surface area (Å²) in [5.41, 5.74) is -0.588. The van der Waals surface area contributed by atoms with Crippen molar-refractivity contribution in [1.82, 2.24) is 0 Å². The number of rotatable bonds is 2. The Bertz CT molecular complexity index is 1070. The van der Waals surface area contributed by atoms with E-state index in [0.29, 0.717) is 11.5 Å². The number of hydrogen-bond acceptors (Lipinski definition) is 3. The normalized spacial score (nSPS) is 11.6. The first kappa shape index (κ1) is 18.0. The van der Waals surface area contributed by atoms with Crippen molar-refractivity contribution in [1.29, 1.82) is 0 Å². The number of nitrogens with one attached hydrogen (secondary N) is 1. The number of aryl methyl sites for hydroxylation is 1. The first-order chi connectivity index (χ1) is 12.1. The molecule has 1 aromatic heterocycles. The zero-order chi connectivity index (χ0) is 19.1. The molecule has 4 nitrogen and oxygen atoms in total. The van der Waals surface area contributed by atoms with Crippen LogP contribution in [0.4, 0.5) is 18.9 Å². The van der Waals surface area contributed by atoms with Crippen LogP contribution in [-0.2, 0) is 6.18 Å². The van der Waals surface area contributed by atoms with E-state index in [9.17, 15) is 22.8 Å². The van der Waals surface area contributed by atoms with Crippen LogP contribution in [0.1, 0.15) is 21.7 Å². The van der Waals surface area contributed by atoms with E-state index in [1.165, 1.54) is 6.07 Å². The van der Waals surface area contributed by atoms with E-state index < -0.39 is 28.1 Å². The average Bonchev–Trinajstić information content (AvgIpc) is 2.55. The number of halogens is 4. The first-order valence-electron chi connectivity index (χ1n) is 7.38. The fourth-order valence-electron chi connectivity index (χ4n) is 2.39. The molecule has 0 aliphatic carbocycles. The van der Waals surface area contributed by atoms with E-state index >= 15 is 0 Å². The molecule has 1 heterocycles. The fraction of sp³-hybridized carbons (Fsp3) is 0.111. The highest BCUT2D eigenvalue weighted by molar-refractivity contribution is 6.31. The van der Waals surface area contributed by atoms with Crippen LogP contribution in [0.2, 0.25) is 5.02 Å². The maximum atomic E-state index is 12.9.